The molecular formula is C14H18N2O4S. The topological polar surface area (TPSA) is 92.3 Å². The van der Waals surface area contributed by atoms with E-state index in [1.807, 2.05) is 0 Å². The second kappa shape index (κ2) is 5.14. The summed E-state index contributed by atoms with van der Waals surface area (Å²) in [5, 5.41) is 5.31. The van der Waals surface area contributed by atoms with Gasteiger partial charge in [0.1, 0.15) is 0 Å². The number of hydrogen-bond acceptors (Lipinski definition) is 4. The highest BCUT2D eigenvalue weighted by molar-refractivity contribution is 7.92. The number of carbonyl (C=O) groups is 2. The fourth-order valence-corrected chi connectivity index (χ4v) is 2.23. The molecule has 2 N–H and O–H groups in total. The molecule has 0 saturated carbocycles. The van der Waals surface area contributed by atoms with Crippen LogP contribution in [0.1, 0.15) is 29.8 Å². The maximum Gasteiger partial charge on any atom is 0.251 e. The van der Waals surface area contributed by atoms with Crippen LogP contribution in [0.4, 0.5) is 5.69 Å². The number of fused-ring (bicyclic) bond motifs is 1. The molecule has 0 saturated heterocycles. The van der Waals surface area contributed by atoms with Crippen molar-refractivity contribution >= 4 is 27.3 Å². The Morgan fingerprint density at radius 2 is 2.05 bits per heavy atom. The van der Waals surface area contributed by atoms with Crippen LogP contribution in [0.15, 0.2) is 18.2 Å². The van der Waals surface area contributed by atoms with Crippen molar-refractivity contribution in [3.05, 3.63) is 29.3 Å². The van der Waals surface area contributed by atoms with Gasteiger partial charge in [0.2, 0.25) is 5.91 Å². The van der Waals surface area contributed by atoms with Crippen LogP contribution in [0.25, 0.3) is 0 Å². The Bertz CT molecular complexity index is 708. The first kappa shape index (κ1) is 15.5. The first-order chi connectivity index (χ1) is 9.60. The monoisotopic (exact) mass is 310 g/mol. The van der Waals surface area contributed by atoms with Gasteiger partial charge in [-0.25, -0.2) is 8.42 Å². The molecule has 1 heterocycles. The molecule has 0 fully saturated rings. The first-order valence-corrected chi connectivity index (χ1v) is 8.40. The average molecular weight is 310 g/mol. The maximum atomic E-state index is 12.1. The summed E-state index contributed by atoms with van der Waals surface area (Å²) in [6, 6.07) is 4.93. The number of nitrogens with one attached hydrogen (secondary N) is 2. The van der Waals surface area contributed by atoms with Crippen molar-refractivity contribution in [3.8, 4) is 0 Å². The molecule has 2 rings (SSSR count). The molecule has 0 atom stereocenters. The second-order valence-corrected chi connectivity index (χ2v) is 8.46. The quantitative estimate of drug-likeness (QED) is 0.857. The fraction of sp³-hybridized carbons (Fsp3) is 0.429. The number of sulfone groups is 1. The predicted octanol–water partition coefficient (Wildman–Crippen LogP) is 0.734. The van der Waals surface area contributed by atoms with Gasteiger partial charge in [0, 0.05) is 24.1 Å². The fourth-order valence-electron chi connectivity index (χ4n) is 1.90. The first-order valence-electron chi connectivity index (χ1n) is 6.51. The Hall–Kier alpha value is -1.89. The minimum absolute atomic E-state index is 0.0267. The standard InChI is InChI=1S/C14H18N2O4S/c1-14(2,21(3,19)20)8-15-13(18)9-4-5-11-10(6-9)7-12(17)16-11/h4-6H,7-8H2,1-3H3,(H,15,18)(H,16,17). The van der Waals surface area contributed by atoms with Crippen molar-refractivity contribution in [1.29, 1.82) is 0 Å². The van der Waals surface area contributed by atoms with E-state index < -0.39 is 14.6 Å². The lowest BCUT2D eigenvalue weighted by Crippen LogP contribution is -2.43. The number of amides is 2. The number of carbonyl (C=O) groups excluding carboxylic acids is 2. The largest absolute Gasteiger partial charge is 0.350 e. The molecule has 1 aliphatic heterocycles. The molecule has 21 heavy (non-hydrogen) atoms. The molecule has 0 spiro atoms. The molecule has 6 nitrogen and oxygen atoms in total. The molecule has 0 unspecified atom stereocenters. The Labute approximate surface area is 123 Å². The van der Waals surface area contributed by atoms with Gasteiger partial charge >= 0.3 is 0 Å². The SMILES string of the molecule is CC(C)(CNC(=O)c1ccc2c(c1)CC(=O)N2)S(C)(=O)=O. The summed E-state index contributed by atoms with van der Waals surface area (Å²) < 4.78 is 22.2. The lowest BCUT2D eigenvalue weighted by Gasteiger charge is -2.22. The summed E-state index contributed by atoms with van der Waals surface area (Å²) in [5.41, 5.74) is 1.90. The third kappa shape index (κ3) is 3.24. The van der Waals surface area contributed by atoms with E-state index in [9.17, 15) is 18.0 Å². The van der Waals surface area contributed by atoms with Gasteiger partial charge in [-0.3, -0.25) is 9.59 Å². The van der Waals surface area contributed by atoms with Gasteiger partial charge in [0.25, 0.3) is 5.91 Å². The van der Waals surface area contributed by atoms with Crippen LogP contribution in [-0.2, 0) is 21.1 Å². The zero-order valence-corrected chi connectivity index (χ0v) is 13.0. The van der Waals surface area contributed by atoms with E-state index in [4.69, 9.17) is 0 Å². The van der Waals surface area contributed by atoms with E-state index in [-0.39, 0.29) is 24.8 Å². The lowest BCUT2D eigenvalue weighted by molar-refractivity contribution is -0.115. The Kier molecular flexibility index (Phi) is 3.79. The van der Waals surface area contributed by atoms with Gasteiger partial charge < -0.3 is 10.6 Å². The zero-order valence-electron chi connectivity index (χ0n) is 12.2. The molecule has 7 heteroatoms. The second-order valence-electron chi connectivity index (χ2n) is 5.81. The molecule has 0 aliphatic carbocycles. The number of rotatable bonds is 4. The molecule has 114 valence electrons. The summed E-state index contributed by atoms with van der Waals surface area (Å²) in [7, 11) is -3.27. The van der Waals surface area contributed by atoms with E-state index >= 15 is 0 Å². The molecule has 1 aromatic rings. The highest BCUT2D eigenvalue weighted by Crippen LogP contribution is 2.24. The summed E-state index contributed by atoms with van der Waals surface area (Å²) in [6.45, 7) is 3.15. The van der Waals surface area contributed by atoms with Crippen LogP contribution in [-0.4, -0.2) is 37.8 Å². The molecule has 2 amide bonds. The highest BCUT2D eigenvalue weighted by atomic mass is 32.2. The molecule has 1 aromatic carbocycles. The Balaban J connectivity index is 2.09. The van der Waals surface area contributed by atoms with E-state index in [1.54, 1.807) is 32.0 Å². The zero-order chi connectivity index (χ0) is 15.8. The van der Waals surface area contributed by atoms with Crippen LogP contribution in [0.5, 0.6) is 0 Å². The number of hydrogen-bond donors (Lipinski definition) is 2. The van der Waals surface area contributed by atoms with E-state index in [2.05, 4.69) is 10.6 Å². The van der Waals surface area contributed by atoms with Crippen LogP contribution in [0.2, 0.25) is 0 Å². The average Bonchev–Trinajstić information content (AvgIpc) is 2.73. The van der Waals surface area contributed by atoms with E-state index in [0.29, 0.717) is 11.3 Å². The van der Waals surface area contributed by atoms with Crippen LogP contribution < -0.4 is 10.6 Å². The minimum atomic E-state index is -3.27. The van der Waals surface area contributed by atoms with E-state index in [1.165, 1.54) is 0 Å². The van der Waals surface area contributed by atoms with Gasteiger partial charge in [-0.15, -0.1) is 0 Å². The van der Waals surface area contributed by atoms with Crippen molar-refractivity contribution in [2.24, 2.45) is 0 Å². The maximum absolute atomic E-state index is 12.1. The summed E-state index contributed by atoms with van der Waals surface area (Å²) in [4.78, 5) is 23.4. The lowest BCUT2D eigenvalue weighted by atomic mass is 10.1. The van der Waals surface area contributed by atoms with Crippen molar-refractivity contribution in [2.75, 3.05) is 18.1 Å². The number of anilines is 1. The van der Waals surface area contributed by atoms with Gasteiger partial charge in [-0.2, -0.15) is 0 Å². The minimum Gasteiger partial charge on any atom is -0.350 e. The molecule has 0 radical (unpaired) electrons. The van der Waals surface area contributed by atoms with Crippen molar-refractivity contribution in [3.63, 3.8) is 0 Å². The molecule has 0 bridgehead atoms. The normalized spacial score (nSPS) is 14.5. The van der Waals surface area contributed by atoms with E-state index in [0.717, 1.165) is 11.8 Å². The van der Waals surface area contributed by atoms with Crippen molar-refractivity contribution < 1.29 is 18.0 Å². The Morgan fingerprint density at radius 3 is 2.67 bits per heavy atom. The molecule has 0 aromatic heterocycles. The van der Waals surface area contributed by atoms with Crippen LogP contribution >= 0.6 is 0 Å². The van der Waals surface area contributed by atoms with Gasteiger partial charge in [-0.1, -0.05) is 0 Å². The van der Waals surface area contributed by atoms with Gasteiger partial charge in [-0.05, 0) is 37.6 Å². The smallest absolute Gasteiger partial charge is 0.251 e. The predicted molar refractivity (Wildman–Crippen MR) is 80.0 cm³/mol. The summed E-state index contributed by atoms with van der Waals surface area (Å²) in [6.07, 6.45) is 1.40. The third-order valence-corrected chi connectivity index (χ3v) is 5.82. The van der Waals surface area contributed by atoms with Gasteiger partial charge in [0.15, 0.2) is 9.84 Å². The molecular weight excluding hydrogens is 292 g/mol. The molecule has 1 aliphatic rings. The Morgan fingerprint density at radius 1 is 1.38 bits per heavy atom. The summed E-state index contributed by atoms with van der Waals surface area (Å²) in [5.74, 6) is -0.449. The van der Waals surface area contributed by atoms with Crippen molar-refractivity contribution in [1.82, 2.24) is 5.32 Å². The number of benzene rings is 1. The van der Waals surface area contributed by atoms with Crippen LogP contribution in [0.3, 0.4) is 0 Å². The highest BCUT2D eigenvalue weighted by Gasteiger charge is 2.30. The third-order valence-electron chi connectivity index (χ3n) is 3.67. The summed E-state index contributed by atoms with van der Waals surface area (Å²) >= 11 is 0. The van der Waals surface area contributed by atoms with Crippen LogP contribution in [0, 0.1) is 0 Å². The van der Waals surface area contributed by atoms with Gasteiger partial charge in [0.05, 0.1) is 11.2 Å². The van der Waals surface area contributed by atoms with Crippen molar-refractivity contribution in [2.45, 2.75) is 25.0 Å².